The van der Waals surface area contributed by atoms with Crippen LogP contribution in [0.25, 0.3) is 66.1 Å². The van der Waals surface area contributed by atoms with Crippen molar-refractivity contribution in [3.05, 3.63) is 199 Å². The van der Waals surface area contributed by atoms with Crippen LogP contribution in [0, 0.1) is 0 Å². The van der Waals surface area contributed by atoms with Crippen molar-refractivity contribution >= 4 is 60.7 Å². The zero-order chi connectivity index (χ0) is 36.0. The molecule has 0 saturated carbocycles. The number of para-hydroxylation sites is 5. The first-order valence-corrected chi connectivity index (χ1v) is 18.8. The zero-order valence-corrected chi connectivity index (χ0v) is 30.2. The second-order valence-electron chi connectivity index (χ2n) is 15.0. The quantitative estimate of drug-likeness (QED) is 0.179. The Balaban J connectivity index is 1.08. The minimum absolute atomic E-state index is 0.212. The lowest BCUT2D eigenvalue weighted by Crippen LogP contribution is -2.30. The number of rotatable bonds is 4. The molecule has 0 bridgehead atoms. The molecule has 0 fully saturated rings. The molecule has 256 valence electrons. The molecular formula is C51H37N3. The summed E-state index contributed by atoms with van der Waals surface area (Å²) >= 11 is 0. The molecule has 0 N–H and O–H groups in total. The fourth-order valence-corrected chi connectivity index (χ4v) is 9.14. The van der Waals surface area contributed by atoms with E-state index in [2.05, 4.69) is 216 Å². The maximum Gasteiger partial charge on any atom is 0.0541 e. The first-order valence-electron chi connectivity index (χ1n) is 18.8. The van der Waals surface area contributed by atoms with Gasteiger partial charge in [0, 0.05) is 44.0 Å². The Morgan fingerprint density at radius 2 is 0.833 bits per heavy atom. The number of nitrogens with zero attached hydrogens (tertiary/aromatic N) is 3. The maximum atomic E-state index is 2.47. The third-order valence-corrected chi connectivity index (χ3v) is 11.7. The van der Waals surface area contributed by atoms with E-state index in [4.69, 9.17) is 0 Å². The van der Waals surface area contributed by atoms with E-state index in [1.54, 1.807) is 0 Å². The molecule has 0 amide bonds. The Hall–Kier alpha value is -6.84. The smallest absolute Gasteiger partial charge is 0.0541 e. The molecule has 1 aliphatic rings. The van der Waals surface area contributed by atoms with Crippen molar-refractivity contribution in [3.8, 4) is 22.5 Å². The Morgan fingerprint density at radius 3 is 1.56 bits per heavy atom. The van der Waals surface area contributed by atoms with Gasteiger partial charge in [0.2, 0.25) is 0 Å². The van der Waals surface area contributed by atoms with Crippen LogP contribution >= 0.6 is 0 Å². The lowest BCUT2D eigenvalue weighted by molar-refractivity contribution is 0.632. The summed E-state index contributed by atoms with van der Waals surface area (Å²) in [6.07, 6.45) is 0. The van der Waals surface area contributed by atoms with Crippen LogP contribution in [0.4, 0.5) is 17.1 Å². The Morgan fingerprint density at radius 1 is 0.333 bits per heavy atom. The Labute approximate surface area is 314 Å². The van der Waals surface area contributed by atoms with Crippen LogP contribution in [-0.2, 0) is 5.41 Å². The van der Waals surface area contributed by atoms with Gasteiger partial charge < -0.3 is 14.0 Å². The molecule has 2 aromatic heterocycles. The summed E-state index contributed by atoms with van der Waals surface area (Å²) in [6.45, 7) is 4.74. The van der Waals surface area contributed by atoms with E-state index in [-0.39, 0.29) is 5.41 Å². The summed E-state index contributed by atoms with van der Waals surface area (Å²) in [7, 11) is 0. The standard InChI is InChI=1S/C51H37N3/c1-51(2)43-22-9-13-26-49(43)54(38-18-14-17-37(33-38)53-45-23-10-6-19-39(45)40-20-7-11-24-46(40)53)50-30-28-35(32-44(50)51)34-27-29-48-42(31-34)41-21-8-12-25-47(41)52(48)36-15-4-3-5-16-36/h3-33H,1-2H3. The van der Waals surface area contributed by atoms with E-state index in [0.29, 0.717) is 0 Å². The molecule has 0 saturated heterocycles. The average molecular weight is 692 g/mol. The third kappa shape index (κ3) is 4.42. The molecule has 10 aromatic rings. The summed E-state index contributed by atoms with van der Waals surface area (Å²) in [6, 6.07) is 68.9. The molecule has 0 unspecified atom stereocenters. The van der Waals surface area contributed by atoms with Crippen LogP contribution in [0.1, 0.15) is 25.0 Å². The van der Waals surface area contributed by atoms with Crippen LogP contribution in [0.3, 0.4) is 0 Å². The third-order valence-electron chi connectivity index (χ3n) is 11.7. The first kappa shape index (κ1) is 30.8. The van der Waals surface area contributed by atoms with E-state index < -0.39 is 0 Å². The van der Waals surface area contributed by atoms with Crippen LogP contribution < -0.4 is 4.90 Å². The van der Waals surface area contributed by atoms with Crippen molar-refractivity contribution in [2.75, 3.05) is 4.90 Å². The lowest BCUT2D eigenvalue weighted by atomic mass is 9.73. The highest BCUT2D eigenvalue weighted by molar-refractivity contribution is 6.11. The molecular weight excluding hydrogens is 655 g/mol. The SMILES string of the molecule is CC1(C)c2ccccc2N(c2cccc(-n3c4ccccc4c4ccccc43)c2)c2ccc(-c3ccc4c(c3)c3ccccc3n4-c3ccccc3)cc21. The Kier molecular flexibility index (Phi) is 6.60. The van der Waals surface area contributed by atoms with E-state index in [0.717, 1.165) is 11.4 Å². The van der Waals surface area contributed by atoms with Gasteiger partial charge in [0.25, 0.3) is 0 Å². The number of hydrogen-bond acceptors (Lipinski definition) is 1. The number of aromatic nitrogens is 2. The Bertz CT molecular complexity index is 3030. The van der Waals surface area contributed by atoms with Crippen molar-refractivity contribution in [3.63, 3.8) is 0 Å². The number of benzene rings is 8. The van der Waals surface area contributed by atoms with Gasteiger partial charge in [-0.1, -0.05) is 123 Å². The van der Waals surface area contributed by atoms with Gasteiger partial charge in [-0.25, -0.2) is 0 Å². The fraction of sp³-hybridized carbons (Fsp3) is 0.0588. The molecule has 0 atom stereocenters. The molecule has 8 aromatic carbocycles. The zero-order valence-electron chi connectivity index (χ0n) is 30.2. The molecule has 0 radical (unpaired) electrons. The summed E-state index contributed by atoms with van der Waals surface area (Å²) in [5.74, 6) is 0. The normalized spacial score (nSPS) is 13.5. The van der Waals surface area contributed by atoms with Gasteiger partial charge in [-0.15, -0.1) is 0 Å². The van der Waals surface area contributed by atoms with Crippen LogP contribution in [0.15, 0.2) is 188 Å². The molecule has 3 heterocycles. The van der Waals surface area contributed by atoms with Gasteiger partial charge in [-0.2, -0.15) is 0 Å². The topological polar surface area (TPSA) is 13.1 Å². The van der Waals surface area contributed by atoms with Crippen molar-refractivity contribution < 1.29 is 0 Å². The van der Waals surface area contributed by atoms with Gasteiger partial charge in [0.15, 0.2) is 0 Å². The molecule has 0 spiro atoms. The molecule has 3 nitrogen and oxygen atoms in total. The molecule has 3 heteroatoms. The summed E-state index contributed by atoms with van der Waals surface area (Å²) in [5, 5.41) is 5.06. The minimum Gasteiger partial charge on any atom is -0.310 e. The highest BCUT2D eigenvalue weighted by Gasteiger charge is 2.37. The second-order valence-corrected chi connectivity index (χ2v) is 15.0. The van der Waals surface area contributed by atoms with Gasteiger partial charge in [-0.3, -0.25) is 0 Å². The van der Waals surface area contributed by atoms with E-state index in [9.17, 15) is 0 Å². The van der Waals surface area contributed by atoms with Crippen molar-refractivity contribution in [1.82, 2.24) is 9.13 Å². The summed E-state index contributed by atoms with van der Waals surface area (Å²) in [4.78, 5) is 2.47. The highest BCUT2D eigenvalue weighted by atomic mass is 15.2. The van der Waals surface area contributed by atoms with Gasteiger partial charge in [0.1, 0.15) is 0 Å². The van der Waals surface area contributed by atoms with E-state index >= 15 is 0 Å². The van der Waals surface area contributed by atoms with Gasteiger partial charge in [0.05, 0.1) is 33.4 Å². The molecule has 1 aliphatic heterocycles. The highest BCUT2D eigenvalue weighted by Crippen LogP contribution is 2.53. The van der Waals surface area contributed by atoms with Crippen molar-refractivity contribution in [2.24, 2.45) is 0 Å². The fourth-order valence-electron chi connectivity index (χ4n) is 9.14. The lowest BCUT2D eigenvalue weighted by Gasteiger charge is -2.42. The average Bonchev–Trinajstić information content (AvgIpc) is 3.74. The molecule has 11 rings (SSSR count). The summed E-state index contributed by atoms with van der Waals surface area (Å²) in [5.41, 5.74) is 15.6. The number of hydrogen-bond donors (Lipinski definition) is 0. The maximum absolute atomic E-state index is 2.47. The van der Waals surface area contributed by atoms with Crippen molar-refractivity contribution in [1.29, 1.82) is 0 Å². The van der Waals surface area contributed by atoms with E-state index in [1.165, 1.54) is 82.9 Å². The van der Waals surface area contributed by atoms with Crippen LogP contribution in [0.5, 0.6) is 0 Å². The number of anilines is 3. The van der Waals surface area contributed by atoms with Gasteiger partial charge >= 0.3 is 0 Å². The molecule has 54 heavy (non-hydrogen) atoms. The minimum atomic E-state index is -0.212. The van der Waals surface area contributed by atoms with E-state index in [1.807, 2.05) is 0 Å². The summed E-state index contributed by atoms with van der Waals surface area (Å²) < 4.78 is 4.79. The van der Waals surface area contributed by atoms with Crippen LogP contribution in [0.2, 0.25) is 0 Å². The second kappa shape index (κ2) is 11.6. The first-order chi connectivity index (χ1) is 26.6. The predicted octanol–water partition coefficient (Wildman–Crippen LogP) is 13.7. The largest absolute Gasteiger partial charge is 0.310 e. The predicted molar refractivity (Wildman–Crippen MR) is 227 cm³/mol. The number of fused-ring (bicyclic) bond motifs is 8. The van der Waals surface area contributed by atoms with Gasteiger partial charge in [-0.05, 0) is 101 Å². The van der Waals surface area contributed by atoms with Crippen molar-refractivity contribution in [2.45, 2.75) is 19.3 Å². The molecule has 0 aliphatic carbocycles. The van der Waals surface area contributed by atoms with Crippen LogP contribution in [-0.4, -0.2) is 9.13 Å². The monoisotopic (exact) mass is 691 g/mol.